The van der Waals surface area contributed by atoms with Gasteiger partial charge in [-0.2, -0.15) is 20.1 Å². The molecule has 4 aromatic rings. The Morgan fingerprint density at radius 2 is 1.36 bits per heavy atom. The zero-order valence-electron chi connectivity index (χ0n) is 18.5. The molecule has 0 amide bonds. The van der Waals surface area contributed by atoms with E-state index in [1.165, 1.54) is 6.07 Å². The second kappa shape index (κ2) is 12.2. The van der Waals surface area contributed by atoms with Crippen molar-refractivity contribution in [2.75, 3.05) is 0 Å². The van der Waals surface area contributed by atoms with Gasteiger partial charge >= 0.3 is 59.1 Å². The molecule has 174 valence electrons. The summed E-state index contributed by atoms with van der Waals surface area (Å²) in [4.78, 5) is 9.91. The van der Waals surface area contributed by atoms with E-state index in [1.807, 2.05) is 0 Å². The molecule has 0 aliphatic carbocycles. The summed E-state index contributed by atoms with van der Waals surface area (Å²) < 4.78 is 71.0. The molecular formula is C19H9Cl2N5Na2O6S2. The first-order chi connectivity index (χ1) is 15.9. The maximum Gasteiger partial charge on any atom is 1.00 e. The number of rotatable bonds is 5. The fourth-order valence-electron chi connectivity index (χ4n) is 3.01. The second-order valence-electron chi connectivity index (χ2n) is 6.65. The normalized spacial score (nSPS) is 11.8. The van der Waals surface area contributed by atoms with Crippen LogP contribution in [0.2, 0.25) is 10.6 Å². The Bertz CT molecular complexity index is 1670. The van der Waals surface area contributed by atoms with Crippen molar-refractivity contribution in [2.24, 2.45) is 10.2 Å². The minimum Gasteiger partial charge on any atom is -0.744 e. The van der Waals surface area contributed by atoms with Gasteiger partial charge in [0.25, 0.3) is 0 Å². The zero-order valence-corrected chi connectivity index (χ0v) is 25.6. The first-order valence-electron chi connectivity index (χ1n) is 9.00. The number of hydrogen-bond acceptors (Lipinski definition) is 11. The molecule has 0 N–H and O–H groups in total. The number of halogens is 2. The SMILES string of the molecule is O=S(=O)([O-])c1cc(-c2nc(Cl)nc(Cl)n2)c2cc(N=Nc3ccccc3)c(S(=O)(=O)[O-])cc2c1.[Na+].[Na+]. The first-order valence-corrected chi connectivity index (χ1v) is 12.6. The number of azo groups is 1. The summed E-state index contributed by atoms with van der Waals surface area (Å²) in [5, 5.41) is 7.24. The molecule has 1 heterocycles. The molecule has 0 atom stereocenters. The summed E-state index contributed by atoms with van der Waals surface area (Å²) >= 11 is 11.7. The van der Waals surface area contributed by atoms with E-state index in [0.29, 0.717) is 5.69 Å². The molecule has 17 heteroatoms. The average molecular weight is 584 g/mol. The van der Waals surface area contributed by atoms with Gasteiger partial charge in [-0.05, 0) is 70.4 Å². The van der Waals surface area contributed by atoms with Gasteiger partial charge in [-0.15, -0.1) is 5.11 Å². The summed E-state index contributed by atoms with van der Waals surface area (Å²) in [6.45, 7) is 0. The van der Waals surface area contributed by atoms with E-state index >= 15 is 0 Å². The number of nitrogens with zero attached hydrogens (tertiary/aromatic N) is 5. The topological polar surface area (TPSA) is 178 Å². The van der Waals surface area contributed by atoms with Crippen LogP contribution < -0.4 is 59.1 Å². The molecule has 4 rings (SSSR count). The Hall–Kier alpha value is -1.07. The molecule has 0 saturated heterocycles. The minimum absolute atomic E-state index is 0. The van der Waals surface area contributed by atoms with Gasteiger partial charge in [0.2, 0.25) is 10.6 Å². The van der Waals surface area contributed by atoms with Crippen LogP contribution in [0, 0.1) is 0 Å². The molecule has 0 aliphatic heterocycles. The average Bonchev–Trinajstić information content (AvgIpc) is 2.75. The third-order valence-electron chi connectivity index (χ3n) is 4.41. The fraction of sp³-hybridized carbons (Fsp3) is 0. The van der Waals surface area contributed by atoms with Crippen LogP contribution in [0.15, 0.2) is 74.6 Å². The zero-order chi connectivity index (χ0) is 24.7. The Kier molecular flexibility index (Phi) is 10.6. The van der Waals surface area contributed by atoms with Crippen molar-refractivity contribution in [1.29, 1.82) is 0 Å². The summed E-state index contributed by atoms with van der Waals surface area (Å²) in [7, 11) is -10.1. The van der Waals surface area contributed by atoms with Gasteiger partial charge in [0.1, 0.15) is 25.9 Å². The Morgan fingerprint density at radius 3 is 1.92 bits per heavy atom. The van der Waals surface area contributed by atoms with Gasteiger partial charge in [0, 0.05) is 5.56 Å². The van der Waals surface area contributed by atoms with E-state index in [-0.39, 0.29) is 97.5 Å². The molecule has 3 aromatic carbocycles. The van der Waals surface area contributed by atoms with Crippen molar-refractivity contribution in [2.45, 2.75) is 9.79 Å². The van der Waals surface area contributed by atoms with Crippen molar-refractivity contribution in [3.05, 3.63) is 65.2 Å². The van der Waals surface area contributed by atoms with E-state index in [2.05, 4.69) is 25.2 Å². The maximum atomic E-state index is 11.9. The molecule has 0 fully saturated rings. The van der Waals surface area contributed by atoms with Crippen LogP contribution in [0.4, 0.5) is 11.4 Å². The molecule has 11 nitrogen and oxygen atoms in total. The molecular weight excluding hydrogens is 575 g/mol. The maximum absolute atomic E-state index is 11.9. The van der Waals surface area contributed by atoms with E-state index in [9.17, 15) is 25.9 Å². The summed E-state index contributed by atoms with van der Waals surface area (Å²) in [6, 6.07) is 12.2. The monoisotopic (exact) mass is 583 g/mol. The predicted octanol–water partition coefficient (Wildman–Crippen LogP) is -1.77. The minimum atomic E-state index is -5.08. The van der Waals surface area contributed by atoms with Crippen LogP contribution in [0.3, 0.4) is 0 Å². The second-order valence-corrected chi connectivity index (χ2v) is 10.1. The summed E-state index contributed by atoms with van der Waals surface area (Å²) in [6.07, 6.45) is 0. The number of fused-ring (bicyclic) bond motifs is 1. The van der Waals surface area contributed by atoms with Crippen LogP contribution >= 0.6 is 23.2 Å². The molecule has 1 aromatic heterocycles. The van der Waals surface area contributed by atoms with Gasteiger partial charge in [0.15, 0.2) is 5.82 Å². The van der Waals surface area contributed by atoms with Gasteiger partial charge < -0.3 is 9.11 Å². The summed E-state index contributed by atoms with van der Waals surface area (Å²) in [5.74, 6) is -0.204. The predicted molar refractivity (Wildman–Crippen MR) is 119 cm³/mol. The van der Waals surface area contributed by atoms with Crippen molar-refractivity contribution in [3.63, 3.8) is 0 Å². The first kappa shape index (κ1) is 31.1. The van der Waals surface area contributed by atoms with Crippen LogP contribution in [-0.2, 0) is 20.2 Å². The van der Waals surface area contributed by atoms with Gasteiger partial charge in [-0.25, -0.2) is 16.8 Å². The van der Waals surface area contributed by atoms with Gasteiger partial charge in [0.05, 0.1) is 15.5 Å². The van der Waals surface area contributed by atoms with E-state index in [0.717, 1.165) is 18.2 Å². The van der Waals surface area contributed by atoms with Gasteiger partial charge in [-0.1, -0.05) is 18.2 Å². The Labute approximate surface area is 259 Å². The van der Waals surface area contributed by atoms with Crippen LogP contribution in [0.5, 0.6) is 0 Å². The number of hydrogen-bond donors (Lipinski definition) is 0. The third kappa shape index (κ3) is 7.28. The fourth-order valence-corrected chi connectivity index (χ4v) is 4.54. The molecule has 0 saturated carbocycles. The largest absolute Gasteiger partial charge is 1.00 e. The molecule has 0 spiro atoms. The molecule has 0 aliphatic rings. The van der Waals surface area contributed by atoms with Crippen molar-refractivity contribution in [3.8, 4) is 11.4 Å². The van der Waals surface area contributed by atoms with Crippen molar-refractivity contribution < 1.29 is 85.1 Å². The standard InChI is InChI=1S/C19H11Cl2N5O6S2.2Na/c20-18-22-17(23-19(21)24-18)14-8-12(33(27,28)29)6-10-7-16(34(30,31)32)15(9-13(10)14)26-25-11-4-2-1-3-5-11;;/h1-9H,(H,27,28,29)(H,30,31,32);;/q;2*+1/p-2. The quantitative estimate of drug-likeness (QED) is 0.149. The third-order valence-corrected chi connectivity index (χ3v) is 6.43. The summed E-state index contributed by atoms with van der Waals surface area (Å²) in [5.41, 5.74) is -0.0124. The van der Waals surface area contributed by atoms with E-state index in [1.54, 1.807) is 30.3 Å². The van der Waals surface area contributed by atoms with Crippen LogP contribution in [0.25, 0.3) is 22.2 Å². The molecule has 0 bridgehead atoms. The smallest absolute Gasteiger partial charge is 0.744 e. The van der Waals surface area contributed by atoms with E-state index in [4.69, 9.17) is 23.2 Å². The molecule has 0 unspecified atom stereocenters. The number of aromatic nitrogens is 3. The van der Waals surface area contributed by atoms with Crippen molar-refractivity contribution in [1.82, 2.24) is 15.0 Å². The number of benzene rings is 3. The van der Waals surface area contributed by atoms with Crippen LogP contribution in [0.1, 0.15) is 0 Å². The van der Waals surface area contributed by atoms with Crippen LogP contribution in [-0.4, -0.2) is 40.9 Å². The Balaban J connectivity index is 0.00000228. The molecule has 0 radical (unpaired) electrons. The Morgan fingerprint density at radius 1 is 0.750 bits per heavy atom. The molecule has 36 heavy (non-hydrogen) atoms. The van der Waals surface area contributed by atoms with Crippen molar-refractivity contribution >= 4 is 65.6 Å². The van der Waals surface area contributed by atoms with Gasteiger partial charge in [-0.3, -0.25) is 0 Å². The van der Waals surface area contributed by atoms with E-state index < -0.39 is 30.0 Å².